The molecule has 242 valence electrons. The van der Waals surface area contributed by atoms with E-state index in [4.69, 9.17) is 9.47 Å². The molecule has 0 unspecified atom stereocenters. The summed E-state index contributed by atoms with van der Waals surface area (Å²) in [4.78, 5) is 17.3. The summed E-state index contributed by atoms with van der Waals surface area (Å²) in [6.07, 6.45) is 6.35. The van der Waals surface area contributed by atoms with Crippen LogP contribution in [-0.2, 0) is 40.8 Å². The van der Waals surface area contributed by atoms with Crippen LogP contribution in [-0.4, -0.2) is 24.5 Å². The Kier molecular flexibility index (Phi) is 10.0. The van der Waals surface area contributed by atoms with Crippen molar-refractivity contribution in [1.82, 2.24) is 24.5 Å². The Bertz CT molecular complexity index is 2280. The van der Waals surface area contributed by atoms with Crippen molar-refractivity contribution in [3.63, 3.8) is 0 Å². The van der Waals surface area contributed by atoms with Crippen molar-refractivity contribution >= 4 is 21.8 Å². The molecule has 7 nitrogen and oxygen atoms in total. The van der Waals surface area contributed by atoms with Gasteiger partial charge in [-0.25, -0.2) is 18.7 Å². The topological polar surface area (TPSA) is 75.0 Å². The van der Waals surface area contributed by atoms with Gasteiger partial charge >= 0.3 is 40.8 Å². The fourth-order valence-electron chi connectivity index (χ4n) is 5.25. The molecular weight excluding hydrogens is 809 g/mol. The minimum Gasteiger partial charge on any atom is -0.503 e. The third-order valence-corrected chi connectivity index (χ3v) is 7.29. The normalized spacial score (nSPS) is 10.7. The van der Waals surface area contributed by atoms with E-state index in [1.807, 2.05) is 16.7 Å². The van der Waals surface area contributed by atoms with Gasteiger partial charge in [-0.3, -0.25) is 0 Å². The zero-order chi connectivity index (χ0) is 31.7. The number of aromatic nitrogens is 5. The van der Waals surface area contributed by atoms with Gasteiger partial charge in [-0.2, -0.15) is 22.9 Å². The molecule has 0 saturated heterocycles. The van der Waals surface area contributed by atoms with Gasteiger partial charge in [0.15, 0.2) is 0 Å². The van der Waals surface area contributed by atoms with Crippen LogP contribution in [0, 0.1) is 35.9 Å². The molecule has 0 radical (unpaired) electrons. The summed E-state index contributed by atoms with van der Waals surface area (Å²) in [5.74, 6) is 1.03. The van der Waals surface area contributed by atoms with Crippen LogP contribution in [0.4, 0.5) is 8.78 Å². The summed E-state index contributed by atoms with van der Waals surface area (Å²) in [6.45, 7) is 0. The summed E-state index contributed by atoms with van der Waals surface area (Å²) < 4.78 is 42.9. The van der Waals surface area contributed by atoms with E-state index in [0.29, 0.717) is 51.1 Å². The van der Waals surface area contributed by atoms with Gasteiger partial charge in [0.1, 0.15) is 11.6 Å². The average Bonchev–Trinajstić information content (AvgIpc) is 3.42. The summed E-state index contributed by atoms with van der Waals surface area (Å²) >= 11 is 0. The second-order valence-corrected chi connectivity index (χ2v) is 10.3. The Morgan fingerprint density at radius 3 is 1.39 bits per heavy atom. The van der Waals surface area contributed by atoms with Crippen LogP contribution in [0.5, 0.6) is 23.0 Å². The molecule has 0 amide bonds. The Hall–Kier alpha value is -5.16. The third-order valence-electron chi connectivity index (χ3n) is 7.29. The van der Waals surface area contributed by atoms with Crippen LogP contribution < -0.4 is 9.47 Å². The number of halogens is 2. The first kappa shape index (κ1) is 33.7. The second-order valence-electron chi connectivity index (χ2n) is 10.3. The number of hydrogen-bond donors (Lipinski definition) is 0. The molecule has 8 aromatic rings. The molecule has 0 fully saturated rings. The molecule has 0 spiro atoms. The van der Waals surface area contributed by atoms with Gasteiger partial charge in [0.2, 0.25) is 5.95 Å². The van der Waals surface area contributed by atoms with E-state index in [9.17, 15) is 8.78 Å². The van der Waals surface area contributed by atoms with Gasteiger partial charge in [0.05, 0.1) is 0 Å². The predicted octanol–water partition coefficient (Wildman–Crippen LogP) is 8.76. The molecule has 0 aliphatic heterocycles. The van der Waals surface area contributed by atoms with Crippen LogP contribution in [0.25, 0.3) is 50.3 Å². The van der Waals surface area contributed by atoms with E-state index in [0.717, 1.165) is 10.8 Å². The SMILES string of the molecule is Fc1cccnc1-c1[c-]c(Oc2[c-]c3c(cc2)c2ccc(Oc4[c-]c(-c5ncccc5F)ccc4)[c-]c2n3-c2ncccn2)ccc1.[Pd+2].[Pd+2]. The first-order valence-electron chi connectivity index (χ1n) is 14.4. The zero-order valence-electron chi connectivity index (χ0n) is 24.9. The molecule has 4 heterocycles. The smallest absolute Gasteiger partial charge is 0.503 e. The number of pyridine rings is 2. The maximum Gasteiger partial charge on any atom is 2.00 e. The van der Waals surface area contributed by atoms with Crippen LogP contribution in [0.3, 0.4) is 0 Å². The fraction of sp³-hybridized carbons (Fsp3) is 0. The quantitative estimate of drug-likeness (QED) is 0.118. The van der Waals surface area contributed by atoms with E-state index in [1.54, 1.807) is 67.0 Å². The van der Waals surface area contributed by atoms with Gasteiger partial charge in [-0.1, -0.05) is 23.2 Å². The van der Waals surface area contributed by atoms with Gasteiger partial charge in [0.25, 0.3) is 0 Å². The van der Waals surface area contributed by atoms with E-state index in [2.05, 4.69) is 44.2 Å². The first-order valence-corrected chi connectivity index (χ1v) is 14.4. The second kappa shape index (κ2) is 14.5. The fourth-order valence-corrected chi connectivity index (χ4v) is 5.25. The van der Waals surface area contributed by atoms with E-state index in [-0.39, 0.29) is 52.2 Å². The molecule has 49 heavy (non-hydrogen) atoms. The minimum absolute atomic E-state index is 0. The van der Waals surface area contributed by atoms with Crippen LogP contribution >= 0.6 is 0 Å². The molecule has 0 saturated carbocycles. The largest absolute Gasteiger partial charge is 2.00 e. The van der Waals surface area contributed by atoms with Gasteiger partial charge in [-0.15, -0.1) is 71.8 Å². The molecule has 0 atom stereocenters. The molecule has 0 aliphatic rings. The predicted molar refractivity (Wildman–Crippen MR) is 171 cm³/mol. The van der Waals surface area contributed by atoms with E-state index in [1.165, 1.54) is 36.7 Å². The van der Waals surface area contributed by atoms with Crippen molar-refractivity contribution < 1.29 is 59.1 Å². The van der Waals surface area contributed by atoms with Crippen molar-refractivity contribution in [1.29, 1.82) is 0 Å². The summed E-state index contributed by atoms with van der Waals surface area (Å²) in [6, 6.07) is 38.2. The Balaban J connectivity index is 0.00000208. The maximum atomic E-state index is 14.4. The Labute approximate surface area is 306 Å². The van der Waals surface area contributed by atoms with Gasteiger partial charge < -0.3 is 24.0 Å². The summed E-state index contributed by atoms with van der Waals surface area (Å²) in [5, 5.41) is 1.71. The van der Waals surface area contributed by atoms with Crippen LogP contribution in [0.2, 0.25) is 0 Å². The molecule has 11 heteroatoms. The van der Waals surface area contributed by atoms with Crippen molar-refractivity contribution in [2.24, 2.45) is 0 Å². The number of benzene rings is 4. The van der Waals surface area contributed by atoms with Crippen LogP contribution in [0.15, 0.2) is 116 Å². The first-order chi connectivity index (χ1) is 23.1. The van der Waals surface area contributed by atoms with Crippen molar-refractivity contribution in [2.45, 2.75) is 0 Å². The molecule has 0 N–H and O–H groups in total. The third kappa shape index (κ3) is 6.76. The average molecular weight is 828 g/mol. The minimum atomic E-state index is -0.450. The molecule has 0 aliphatic carbocycles. The maximum absolute atomic E-state index is 14.4. The van der Waals surface area contributed by atoms with Crippen LogP contribution in [0.1, 0.15) is 0 Å². The monoisotopic (exact) mass is 827 g/mol. The van der Waals surface area contributed by atoms with Gasteiger partial charge in [-0.05, 0) is 30.3 Å². The van der Waals surface area contributed by atoms with Gasteiger partial charge in [0, 0.05) is 59.2 Å². The number of hydrogen-bond acceptors (Lipinski definition) is 6. The Morgan fingerprint density at radius 2 is 0.918 bits per heavy atom. The van der Waals surface area contributed by atoms with Crippen molar-refractivity contribution in [3.05, 3.63) is 152 Å². The summed E-state index contributed by atoms with van der Waals surface area (Å²) in [5.41, 5.74) is 2.57. The number of ether oxygens (including phenoxy) is 2. The Morgan fingerprint density at radius 1 is 0.469 bits per heavy atom. The molecule has 4 aromatic heterocycles. The standard InChI is InChI=1S/C38H19F2N5O2.2Pd/c39-32-10-3-16-41-36(32)24-6-1-8-26(20-24)46-28-12-14-30-31-15-13-29(23-35(31)45(34(30)22-28)38-43-18-5-19-44-38)47-27-9-2-7-25(21-27)37-33(40)11-4-17-42-37;;/h1-19H;;/q-4;2*+2. The zero-order valence-corrected chi connectivity index (χ0v) is 28.0. The number of fused-ring (bicyclic) bond motifs is 3. The van der Waals surface area contributed by atoms with Crippen molar-refractivity contribution in [2.75, 3.05) is 0 Å². The number of nitrogens with zero attached hydrogens (tertiary/aromatic N) is 5. The van der Waals surface area contributed by atoms with E-state index >= 15 is 0 Å². The molecular formula is C38H19F2N5O2Pd2. The van der Waals surface area contributed by atoms with Crippen molar-refractivity contribution in [3.8, 4) is 51.5 Å². The summed E-state index contributed by atoms with van der Waals surface area (Å²) in [7, 11) is 0. The molecule has 0 bridgehead atoms. The molecule has 8 rings (SSSR count). The van der Waals surface area contributed by atoms with E-state index < -0.39 is 11.6 Å². The number of rotatable bonds is 7. The molecule has 4 aromatic carbocycles.